The molecule has 1 atom stereocenters. The van der Waals surface area contributed by atoms with Gasteiger partial charge in [-0.1, -0.05) is 0 Å². The summed E-state index contributed by atoms with van der Waals surface area (Å²) in [7, 11) is 0. The number of hydrogen-bond acceptors (Lipinski definition) is 4. The Bertz CT molecular complexity index is 444. The van der Waals surface area contributed by atoms with Crippen molar-refractivity contribution in [2.75, 3.05) is 18.5 Å². The highest BCUT2D eigenvalue weighted by atomic mass is 19.1. The maximum atomic E-state index is 12.9. The van der Waals surface area contributed by atoms with E-state index in [1.54, 1.807) is 0 Å². The van der Waals surface area contributed by atoms with E-state index in [1.165, 1.54) is 0 Å². The van der Waals surface area contributed by atoms with E-state index in [1.807, 2.05) is 6.92 Å². The van der Waals surface area contributed by atoms with E-state index >= 15 is 0 Å². The number of carboxylic acid groups (broad SMARTS) is 1. The number of halogens is 1. The van der Waals surface area contributed by atoms with Crippen LogP contribution in [0.25, 0.3) is 0 Å². The van der Waals surface area contributed by atoms with Crippen LogP contribution < -0.4 is 5.32 Å². The lowest BCUT2D eigenvalue weighted by molar-refractivity contribution is 0.0697. The van der Waals surface area contributed by atoms with Crippen LogP contribution in [0, 0.1) is 5.82 Å². The number of carbonyl (C=O) groups is 1. The third-order valence-electron chi connectivity index (χ3n) is 2.72. The number of hydrogen-bond donors (Lipinski definition) is 2. The van der Waals surface area contributed by atoms with Crippen molar-refractivity contribution < 1.29 is 19.0 Å². The Morgan fingerprint density at radius 3 is 3.06 bits per heavy atom. The quantitative estimate of drug-likeness (QED) is 0.837. The number of aromatic nitrogens is 1. The lowest BCUT2D eigenvalue weighted by Crippen LogP contribution is -2.36. The van der Waals surface area contributed by atoms with E-state index in [-0.39, 0.29) is 16.9 Å². The molecule has 17 heavy (non-hydrogen) atoms. The number of carboxylic acids is 1. The van der Waals surface area contributed by atoms with Crippen molar-refractivity contribution in [3.8, 4) is 0 Å². The van der Waals surface area contributed by atoms with Crippen LogP contribution >= 0.6 is 0 Å². The molecule has 1 unspecified atom stereocenters. The molecule has 0 bridgehead atoms. The predicted molar refractivity (Wildman–Crippen MR) is 58.6 cm³/mol. The van der Waals surface area contributed by atoms with E-state index in [4.69, 9.17) is 9.84 Å². The number of pyridine rings is 1. The summed E-state index contributed by atoms with van der Waals surface area (Å²) < 4.78 is 18.2. The van der Waals surface area contributed by atoms with Crippen LogP contribution in [-0.4, -0.2) is 34.8 Å². The van der Waals surface area contributed by atoms with E-state index in [0.717, 1.165) is 18.7 Å². The van der Waals surface area contributed by atoms with Crippen molar-refractivity contribution in [1.29, 1.82) is 0 Å². The van der Waals surface area contributed by atoms with E-state index in [9.17, 15) is 9.18 Å². The second kappa shape index (κ2) is 4.29. The smallest absolute Gasteiger partial charge is 0.339 e. The third-order valence-corrected chi connectivity index (χ3v) is 2.72. The van der Waals surface area contributed by atoms with Gasteiger partial charge in [-0.15, -0.1) is 0 Å². The molecule has 1 aliphatic rings. The van der Waals surface area contributed by atoms with Crippen LogP contribution in [0.4, 0.5) is 10.2 Å². The molecule has 1 aromatic heterocycles. The third kappa shape index (κ3) is 2.52. The molecule has 5 nitrogen and oxygen atoms in total. The minimum atomic E-state index is -1.21. The fourth-order valence-corrected chi connectivity index (χ4v) is 1.75. The summed E-state index contributed by atoms with van der Waals surface area (Å²) in [5.41, 5.74) is -0.521. The molecule has 2 rings (SSSR count). The summed E-state index contributed by atoms with van der Waals surface area (Å²) >= 11 is 0. The van der Waals surface area contributed by atoms with Gasteiger partial charge in [0, 0.05) is 6.61 Å². The van der Waals surface area contributed by atoms with Gasteiger partial charge in [-0.3, -0.25) is 0 Å². The Labute approximate surface area is 97.6 Å². The Hall–Kier alpha value is -1.69. The first-order chi connectivity index (χ1) is 8.00. The fourth-order valence-electron chi connectivity index (χ4n) is 1.75. The van der Waals surface area contributed by atoms with Crippen molar-refractivity contribution in [1.82, 2.24) is 4.98 Å². The van der Waals surface area contributed by atoms with Crippen LogP contribution in [0.15, 0.2) is 12.3 Å². The van der Waals surface area contributed by atoms with E-state index < -0.39 is 11.8 Å². The van der Waals surface area contributed by atoms with Gasteiger partial charge in [-0.25, -0.2) is 14.2 Å². The summed E-state index contributed by atoms with van der Waals surface area (Å²) in [5.74, 6) is -1.70. The topological polar surface area (TPSA) is 71.5 Å². The highest BCUT2D eigenvalue weighted by molar-refractivity contribution is 5.93. The van der Waals surface area contributed by atoms with Gasteiger partial charge >= 0.3 is 5.97 Å². The Morgan fingerprint density at radius 1 is 1.71 bits per heavy atom. The molecule has 0 amide bonds. The first kappa shape index (κ1) is 11.8. The molecule has 0 aliphatic carbocycles. The predicted octanol–water partition coefficient (Wildman–Crippen LogP) is 1.51. The number of ether oxygens (including phenoxy) is 1. The summed E-state index contributed by atoms with van der Waals surface area (Å²) in [5, 5.41) is 12.0. The average molecular weight is 240 g/mol. The normalized spacial score (nSPS) is 23.6. The van der Waals surface area contributed by atoms with Gasteiger partial charge in [0.2, 0.25) is 0 Å². The molecule has 1 saturated heterocycles. The second-order valence-corrected chi connectivity index (χ2v) is 4.34. The zero-order valence-electron chi connectivity index (χ0n) is 9.36. The molecule has 1 fully saturated rings. The highest BCUT2D eigenvalue weighted by Gasteiger charge is 2.31. The first-order valence-electron chi connectivity index (χ1n) is 5.25. The number of aromatic carboxylic acids is 1. The van der Waals surface area contributed by atoms with Crippen LogP contribution in [0.3, 0.4) is 0 Å². The highest BCUT2D eigenvalue weighted by Crippen LogP contribution is 2.25. The van der Waals surface area contributed by atoms with Crippen LogP contribution in [-0.2, 0) is 4.74 Å². The van der Waals surface area contributed by atoms with Gasteiger partial charge in [0.05, 0.1) is 18.3 Å². The lowest BCUT2D eigenvalue weighted by atomic mass is 10.0. The Balaban J connectivity index is 2.28. The molecule has 0 aromatic carbocycles. The summed E-state index contributed by atoms with van der Waals surface area (Å²) in [4.78, 5) is 14.8. The number of nitrogens with zero attached hydrogens (tertiary/aromatic N) is 1. The molecule has 92 valence electrons. The number of rotatable bonds is 3. The summed E-state index contributed by atoms with van der Waals surface area (Å²) in [6.07, 6.45) is 1.75. The lowest BCUT2D eigenvalue weighted by Gasteiger charge is -2.24. The second-order valence-electron chi connectivity index (χ2n) is 4.34. The molecular weight excluding hydrogens is 227 g/mol. The number of anilines is 1. The Kier molecular flexibility index (Phi) is 2.97. The van der Waals surface area contributed by atoms with Crippen LogP contribution in [0.1, 0.15) is 23.7 Å². The zero-order valence-corrected chi connectivity index (χ0v) is 9.36. The molecule has 1 aromatic rings. The van der Waals surface area contributed by atoms with Crippen molar-refractivity contribution in [3.63, 3.8) is 0 Å². The SMILES string of the molecule is CC1(Nc2ncc(F)cc2C(=O)O)CCOC1. The minimum absolute atomic E-state index is 0.168. The molecule has 0 saturated carbocycles. The molecular formula is C11H13FN2O3. The minimum Gasteiger partial charge on any atom is -0.478 e. The standard InChI is InChI=1S/C11H13FN2O3/c1-11(2-3-17-6-11)14-9-8(10(15)16)4-7(12)5-13-9/h4-5H,2-3,6H2,1H3,(H,13,14)(H,15,16). The maximum absolute atomic E-state index is 12.9. The van der Waals surface area contributed by atoms with E-state index in [0.29, 0.717) is 13.2 Å². The van der Waals surface area contributed by atoms with Crippen LogP contribution in [0.5, 0.6) is 0 Å². The largest absolute Gasteiger partial charge is 0.478 e. The monoisotopic (exact) mass is 240 g/mol. The number of nitrogens with one attached hydrogen (secondary N) is 1. The molecule has 2 N–H and O–H groups in total. The molecule has 6 heteroatoms. The van der Waals surface area contributed by atoms with Gasteiger partial charge in [-0.05, 0) is 19.4 Å². The van der Waals surface area contributed by atoms with Crippen molar-refractivity contribution in [2.24, 2.45) is 0 Å². The fraction of sp³-hybridized carbons (Fsp3) is 0.455. The first-order valence-corrected chi connectivity index (χ1v) is 5.25. The van der Waals surface area contributed by atoms with Gasteiger partial charge in [-0.2, -0.15) is 0 Å². The van der Waals surface area contributed by atoms with Gasteiger partial charge in [0.1, 0.15) is 17.2 Å². The van der Waals surface area contributed by atoms with Crippen LogP contribution in [0.2, 0.25) is 0 Å². The zero-order chi connectivity index (χ0) is 12.5. The summed E-state index contributed by atoms with van der Waals surface area (Å²) in [6.45, 7) is 3.01. The van der Waals surface area contributed by atoms with Crippen molar-refractivity contribution in [3.05, 3.63) is 23.6 Å². The molecule has 1 aliphatic heterocycles. The van der Waals surface area contributed by atoms with E-state index in [2.05, 4.69) is 10.3 Å². The Morgan fingerprint density at radius 2 is 2.47 bits per heavy atom. The molecule has 0 radical (unpaired) electrons. The molecule has 2 heterocycles. The van der Waals surface area contributed by atoms with Crippen molar-refractivity contribution >= 4 is 11.8 Å². The summed E-state index contributed by atoms with van der Waals surface area (Å²) in [6, 6.07) is 0.955. The molecule has 0 spiro atoms. The van der Waals surface area contributed by atoms with Crippen molar-refractivity contribution in [2.45, 2.75) is 18.9 Å². The average Bonchev–Trinajstić information content (AvgIpc) is 2.67. The van der Waals surface area contributed by atoms with Gasteiger partial charge in [0.15, 0.2) is 0 Å². The van der Waals surface area contributed by atoms with Gasteiger partial charge in [0.25, 0.3) is 0 Å². The van der Waals surface area contributed by atoms with Gasteiger partial charge < -0.3 is 15.2 Å². The maximum Gasteiger partial charge on any atom is 0.339 e.